The Hall–Kier alpha value is -2.93. The molecule has 3 aromatic rings. The minimum absolute atomic E-state index is 0.238. The van der Waals surface area contributed by atoms with E-state index in [9.17, 15) is 4.79 Å². The number of rotatable bonds is 1. The number of pyridine rings is 1. The molecule has 2 heterocycles. The van der Waals surface area contributed by atoms with E-state index in [0.717, 1.165) is 10.9 Å². The number of benzene rings is 1. The molecule has 0 radical (unpaired) electrons. The molecule has 0 saturated heterocycles. The molecule has 0 N–H and O–H groups in total. The summed E-state index contributed by atoms with van der Waals surface area (Å²) >= 11 is 0. The number of nitrogens with zero attached hydrogens (tertiary/aromatic N) is 3. The summed E-state index contributed by atoms with van der Waals surface area (Å²) in [6.07, 6.45) is 3.13. The average Bonchev–Trinajstić information content (AvgIpc) is 2.86. The molecule has 0 aliphatic rings. The van der Waals surface area contributed by atoms with E-state index >= 15 is 0 Å². The van der Waals surface area contributed by atoms with E-state index < -0.39 is 0 Å². The van der Waals surface area contributed by atoms with Gasteiger partial charge in [0.25, 0.3) is 5.91 Å². The lowest BCUT2D eigenvalue weighted by Gasteiger charge is -2.02. The van der Waals surface area contributed by atoms with Crippen LogP contribution in [-0.2, 0) is 0 Å². The first kappa shape index (κ1) is 11.2. The zero-order valence-corrected chi connectivity index (χ0v) is 9.95. The van der Waals surface area contributed by atoms with Crippen LogP contribution in [0.3, 0.4) is 0 Å². The van der Waals surface area contributed by atoms with Gasteiger partial charge in [-0.1, -0.05) is 24.3 Å². The van der Waals surface area contributed by atoms with Crippen LogP contribution >= 0.6 is 0 Å². The zero-order valence-electron chi connectivity index (χ0n) is 9.95. The lowest BCUT2D eigenvalue weighted by Crippen LogP contribution is -2.12. The molecule has 3 rings (SSSR count). The number of hydrogen-bond donors (Lipinski definition) is 0. The van der Waals surface area contributed by atoms with Gasteiger partial charge in [0, 0.05) is 17.8 Å². The van der Waals surface area contributed by atoms with Gasteiger partial charge >= 0.3 is 0 Å². The maximum atomic E-state index is 12.4. The Morgan fingerprint density at radius 1 is 1.16 bits per heavy atom. The van der Waals surface area contributed by atoms with E-state index in [2.05, 4.69) is 11.1 Å². The topological polar surface area (TPSA) is 58.7 Å². The van der Waals surface area contributed by atoms with Crippen LogP contribution < -0.4 is 0 Å². The third-order valence-corrected chi connectivity index (χ3v) is 2.94. The van der Waals surface area contributed by atoms with Crippen LogP contribution in [-0.4, -0.2) is 15.5 Å². The molecule has 90 valence electrons. The van der Waals surface area contributed by atoms with Crippen molar-refractivity contribution in [1.29, 1.82) is 5.26 Å². The number of hydrogen-bond acceptors (Lipinski definition) is 3. The second-order valence-corrected chi connectivity index (χ2v) is 4.06. The van der Waals surface area contributed by atoms with Crippen molar-refractivity contribution in [2.24, 2.45) is 0 Å². The van der Waals surface area contributed by atoms with Crippen molar-refractivity contribution < 1.29 is 4.79 Å². The molecule has 19 heavy (non-hydrogen) atoms. The molecule has 4 heteroatoms. The van der Waals surface area contributed by atoms with Crippen molar-refractivity contribution >= 4 is 16.8 Å². The van der Waals surface area contributed by atoms with Gasteiger partial charge < -0.3 is 0 Å². The van der Waals surface area contributed by atoms with Crippen molar-refractivity contribution in [2.75, 3.05) is 0 Å². The van der Waals surface area contributed by atoms with E-state index in [0.29, 0.717) is 11.3 Å². The number of aromatic nitrogens is 2. The van der Waals surface area contributed by atoms with Gasteiger partial charge in [-0.15, -0.1) is 0 Å². The molecule has 0 bridgehead atoms. The second-order valence-electron chi connectivity index (χ2n) is 4.06. The molecule has 2 aromatic heterocycles. The highest BCUT2D eigenvalue weighted by atomic mass is 16.2. The monoisotopic (exact) mass is 247 g/mol. The lowest BCUT2D eigenvalue weighted by atomic mass is 10.2. The Labute approximate surface area is 109 Å². The van der Waals surface area contributed by atoms with Crippen LogP contribution in [0.2, 0.25) is 0 Å². The van der Waals surface area contributed by atoms with E-state index in [1.807, 2.05) is 24.3 Å². The molecule has 0 amide bonds. The zero-order chi connectivity index (χ0) is 13.2. The van der Waals surface area contributed by atoms with Crippen molar-refractivity contribution in [3.05, 3.63) is 66.1 Å². The first-order valence-corrected chi connectivity index (χ1v) is 5.77. The fourth-order valence-corrected chi connectivity index (χ4v) is 2.05. The number of para-hydroxylation sites is 1. The SMILES string of the molecule is N#Cc1cn(C(=O)c2ccccn2)c2ccccc12. The quantitative estimate of drug-likeness (QED) is 0.664. The highest BCUT2D eigenvalue weighted by Gasteiger charge is 2.15. The Balaban J connectivity index is 2.22. The van der Waals surface area contributed by atoms with E-state index in [1.165, 1.54) is 4.57 Å². The van der Waals surface area contributed by atoms with Gasteiger partial charge in [0.15, 0.2) is 0 Å². The van der Waals surface area contributed by atoms with E-state index in [1.54, 1.807) is 30.6 Å². The average molecular weight is 247 g/mol. The minimum Gasteiger partial charge on any atom is -0.280 e. The molecule has 0 aliphatic heterocycles. The maximum Gasteiger partial charge on any atom is 0.280 e. The van der Waals surface area contributed by atoms with Crippen LogP contribution in [0.1, 0.15) is 16.1 Å². The Kier molecular flexibility index (Phi) is 2.58. The van der Waals surface area contributed by atoms with Gasteiger partial charge in [0.1, 0.15) is 11.8 Å². The van der Waals surface area contributed by atoms with E-state index in [-0.39, 0.29) is 5.91 Å². The number of carbonyl (C=O) groups excluding carboxylic acids is 1. The minimum atomic E-state index is -0.238. The van der Waals surface area contributed by atoms with Gasteiger partial charge in [-0.05, 0) is 18.2 Å². The second kappa shape index (κ2) is 4.39. The standard InChI is InChI=1S/C15H9N3O/c16-9-11-10-18(14-7-2-1-5-12(11)14)15(19)13-6-3-4-8-17-13/h1-8,10H. The summed E-state index contributed by atoms with van der Waals surface area (Å²) < 4.78 is 1.47. The molecule has 0 saturated carbocycles. The normalized spacial score (nSPS) is 10.3. The summed E-state index contributed by atoms with van der Waals surface area (Å²) in [6, 6.07) is 14.6. The third-order valence-electron chi connectivity index (χ3n) is 2.94. The summed E-state index contributed by atoms with van der Waals surface area (Å²) in [5.41, 5.74) is 1.56. The van der Waals surface area contributed by atoms with Gasteiger partial charge in [-0.25, -0.2) is 0 Å². The summed E-state index contributed by atoms with van der Waals surface area (Å²) in [5, 5.41) is 9.88. The Morgan fingerprint density at radius 2 is 1.95 bits per heavy atom. The van der Waals surface area contributed by atoms with Crippen LogP contribution in [0.4, 0.5) is 0 Å². The maximum absolute atomic E-state index is 12.4. The fourth-order valence-electron chi connectivity index (χ4n) is 2.05. The first-order valence-electron chi connectivity index (χ1n) is 5.77. The predicted octanol–water partition coefficient (Wildman–Crippen LogP) is 2.60. The van der Waals surface area contributed by atoms with Crippen LogP contribution in [0.25, 0.3) is 10.9 Å². The van der Waals surface area contributed by atoms with Crippen LogP contribution in [0, 0.1) is 11.3 Å². The molecule has 0 spiro atoms. The van der Waals surface area contributed by atoms with Gasteiger partial charge in [0.2, 0.25) is 0 Å². The van der Waals surface area contributed by atoms with Gasteiger partial charge in [0.05, 0.1) is 11.1 Å². The Bertz CT molecular complexity index is 797. The number of fused-ring (bicyclic) bond motifs is 1. The Morgan fingerprint density at radius 3 is 2.68 bits per heavy atom. The van der Waals surface area contributed by atoms with Crippen LogP contribution in [0.15, 0.2) is 54.9 Å². The molecular weight excluding hydrogens is 238 g/mol. The van der Waals surface area contributed by atoms with E-state index in [4.69, 9.17) is 5.26 Å². The summed E-state index contributed by atoms with van der Waals surface area (Å²) in [7, 11) is 0. The van der Waals surface area contributed by atoms with Crippen LogP contribution in [0.5, 0.6) is 0 Å². The molecular formula is C15H9N3O. The molecule has 4 nitrogen and oxygen atoms in total. The first-order chi connectivity index (χ1) is 9.31. The van der Waals surface area contributed by atoms with Crippen molar-refractivity contribution in [3.63, 3.8) is 0 Å². The third kappa shape index (κ3) is 1.78. The van der Waals surface area contributed by atoms with Gasteiger partial charge in [-0.2, -0.15) is 5.26 Å². The van der Waals surface area contributed by atoms with Crippen molar-refractivity contribution in [1.82, 2.24) is 9.55 Å². The summed E-state index contributed by atoms with van der Waals surface area (Å²) in [4.78, 5) is 16.4. The summed E-state index contributed by atoms with van der Waals surface area (Å²) in [5.74, 6) is -0.238. The highest BCUT2D eigenvalue weighted by Crippen LogP contribution is 2.21. The molecule has 0 unspecified atom stereocenters. The predicted molar refractivity (Wildman–Crippen MR) is 70.6 cm³/mol. The largest absolute Gasteiger partial charge is 0.280 e. The van der Waals surface area contributed by atoms with Crippen molar-refractivity contribution in [3.8, 4) is 6.07 Å². The molecule has 0 atom stereocenters. The smallest absolute Gasteiger partial charge is 0.280 e. The molecule has 1 aromatic carbocycles. The molecule has 0 aliphatic carbocycles. The van der Waals surface area contributed by atoms with Gasteiger partial charge in [-0.3, -0.25) is 14.3 Å². The number of carbonyl (C=O) groups is 1. The lowest BCUT2D eigenvalue weighted by molar-refractivity contribution is 0.0960. The molecule has 0 fully saturated rings. The summed E-state index contributed by atoms with van der Waals surface area (Å²) in [6.45, 7) is 0. The fraction of sp³-hybridized carbons (Fsp3) is 0. The highest BCUT2D eigenvalue weighted by molar-refractivity contribution is 6.02. The number of nitriles is 1. The van der Waals surface area contributed by atoms with Crippen molar-refractivity contribution in [2.45, 2.75) is 0 Å².